The number of nitrogens with one attached hydrogen (secondary N) is 1. The molecule has 0 bridgehead atoms. The number of ether oxygens (including phenoxy) is 1. The maximum Gasteiger partial charge on any atom is 0.326 e. The summed E-state index contributed by atoms with van der Waals surface area (Å²) in [5.74, 6) is -0.275. The zero-order valence-corrected chi connectivity index (χ0v) is 10.6. The number of hydrogen-bond acceptors (Lipinski definition) is 5. The molecule has 6 heteroatoms. The molecule has 5 nitrogen and oxygen atoms in total. The fraction of sp³-hybridized carbons (Fsp3) is 0.636. The van der Waals surface area contributed by atoms with Crippen molar-refractivity contribution in [2.75, 3.05) is 6.61 Å². The number of nitrogens with zero attached hydrogens (tertiary/aromatic N) is 1. The molecule has 17 heavy (non-hydrogen) atoms. The first-order chi connectivity index (χ1) is 8.14. The molecule has 1 aromatic rings. The van der Waals surface area contributed by atoms with Crippen molar-refractivity contribution in [2.24, 2.45) is 5.73 Å². The third kappa shape index (κ3) is 2.81. The first-order valence-electron chi connectivity index (χ1n) is 5.76. The van der Waals surface area contributed by atoms with Gasteiger partial charge in [-0.05, 0) is 26.2 Å². The molecule has 1 aliphatic carbocycles. The molecule has 1 aliphatic rings. The number of carbonyl (C=O) groups is 1. The van der Waals surface area contributed by atoms with Crippen LogP contribution in [0.25, 0.3) is 0 Å². The second kappa shape index (κ2) is 5.10. The smallest absolute Gasteiger partial charge is 0.326 e. The fourth-order valence-corrected chi connectivity index (χ4v) is 3.25. The Kier molecular flexibility index (Phi) is 3.73. The van der Waals surface area contributed by atoms with Crippen molar-refractivity contribution in [2.45, 2.75) is 42.1 Å². The van der Waals surface area contributed by atoms with Crippen LogP contribution < -0.4 is 5.73 Å². The Balaban J connectivity index is 1.92. The van der Waals surface area contributed by atoms with Crippen LogP contribution in [-0.4, -0.2) is 33.3 Å². The number of imidazole rings is 1. The summed E-state index contributed by atoms with van der Waals surface area (Å²) >= 11 is 1.64. The van der Waals surface area contributed by atoms with Crippen LogP contribution in [0, 0.1) is 0 Å². The molecule has 2 unspecified atom stereocenters. The van der Waals surface area contributed by atoms with Gasteiger partial charge in [0, 0.05) is 17.6 Å². The summed E-state index contributed by atoms with van der Waals surface area (Å²) in [6.07, 6.45) is 5.76. The molecule has 1 heterocycles. The predicted octanol–water partition coefficient (Wildman–Crippen LogP) is 1.31. The summed E-state index contributed by atoms with van der Waals surface area (Å²) in [7, 11) is 0. The van der Waals surface area contributed by atoms with E-state index >= 15 is 0 Å². The largest absolute Gasteiger partial charge is 0.465 e. The second-order valence-corrected chi connectivity index (χ2v) is 5.54. The maximum absolute atomic E-state index is 11.7. The van der Waals surface area contributed by atoms with E-state index in [0.29, 0.717) is 24.7 Å². The van der Waals surface area contributed by atoms with Gasteiger partial charge in [0.25, 0.3) is 0 Å². The van der Waals surface area contributed by atoms with Crippen LogP contribution in [0.3, 0.4) is 0 Å². The van der Waals surface area contributed by atoms with Crippen molar-refractivity contribution in [1.29, 1.82) is 0 Å². The second-order valence-electron chi connectivity index (χ2n) is 4.25. The molecular formula is C11H17N3O2S. The Morgan fingerprint density at radius 2 is 2.65 bits per heavy atom. The number of nitrogens with two attached hydrogens (primary N) is 1. The highest BCUT2D eigenvalue weighted by Gasteiger charge is 2.43. The molecule has 0 aromatic carbocycles. The quantitative estimate of drug-likeness (QED) is 0.793. The Bertz CT molecular complexity index is 382. The van der Waals surface area contributed by atoms with Crippen LogP contribution in [0.15, 0.2) is 17.6 Å². The fourth-order valence-electron chi connectivity index (χ4n) is 2.06. The number of carbonyl (C=O) groups excluding carboxylic acids is 1. The topological polar surface area (TPSA) is 81.0 Å². The van der Waals surface area contributed by atoms with Crippen molar-refractivity contribution in [3.8, 4) is 0 Å². The number of aromatic nitrogens is 2. The minimum atomic E-state index is -0.805. The van der Waals surface area contributed by atoms with E-state index in [1.54, 1.807) is 31.1 Å². The molecule has 2 rings (SSSR count). The average Bonchev–Trinajstić information content (AvgIpc) is 2.91. The lowest BCUT2D eigenvalue weighted by molar-refractivity contribution is -0.149. The lowest BCUT2D eigenvalue weighted by Crippen LogP contribution is -2.47. The van der Waals surface area contributed by atoms with Crippen molar-refractivity contribution >= 4 is 17.7 Å². The summed E-state index contributed by atoms with van der Waals surface area (Å²) < 4.78 is 5.02. The number of esters is 1. The van der Waals surface area contributed by atoms with Gasteiger partial charge in [-0.25, -0.2) is 4.98 Å². The summed E-state index contributed by atoms with van der Waals surface area (Å²) in [5.41, 5.74) is 5.28. The molecule has 0 aliphatic heterocycles. The molecular weight excluding hydrogens is 238 g/mol. The van der Waals surface area contributed by atoms with E-state index in [4.69, 9.17) is 10.5 Å². The molecule has 3 N–H and O–H groups in total. The van der Waals surface area contributed by atoms with E-state index in [0.717, 1.165) is 11.6 Å². The van der Waals surface area contributed by atoms with Gasteiger partial charge in [0.1, 0.15) is 5.54 Å². The Hall–Kier alpha value is -1.01. The SMILES string of the molecule is CCOC(=O)C1(N)CCC(Sc2ncc[nH]2)C1. The zero-order chi connectivity index (χ0) is 12.3. The Morgan fingerprint density at radius 3 is 3.29 bits per heavy atom. The van der Waals surface area contributed by atoms with Gasteiger partial charge in [-0.2, -0.15) is 0 Å². The highest BCUT2D eigenvalue weighted by Crippen LogP contribution is 2.38. The third-order valence-corrected chi connectivity index (χ3v) is 4.12. The van der Waals surface area contributed by atoms with Crippen molar-refractivity contribution < 1.29 is 9.53 Å². The van der Waals surface area contributed by atoms with Crippen molar-refractivity contribution in [1.82, 2.24) is 9.97 Å². The Labute approximate surface area is 105 Å². The minimum Gasteiger partial charge on any atom is -0.465 e. The normalized spacial score (nSPS) is 28.2. The van der Waals surface area contributed by atoms with Crippen molar-refractivity contribution in [3.05, 3.63) is 12.4 Å². The van der Waals surface area contributed by atoms with E-state index in [1.165, 1.54) is 0 Å². The lowest BCUT2D eigenvalue weighted by atomic mass is 10.00. The van der Waals surface area contributed by atoms with Gasteiger partial charge in [-0.15, -0.1) is 0 Å². The number of aromatic amines is 1. The van der Waals surface area contributed by atoms with Crippen LogP contribution in [0.4, 0.5) is 0 Å². The van der Waals surface area contributed by atoms with Crippen LogP contribution in [0.1, 0.15) is 26.2 Å². The summed E-state index contributed by atoms with van der Waals surface area (Å²) in [6.45, 7) is 2.18. The van der Waals surface area contributed by atoms with Crippen LogP contribution in [-0.2, 0) is 9.53 Å². The van der Waals surface area contributed by atoms with E-state index in [9.17, 15) is 4.79 Å². The van der Waals surface area contributed by atoms with E-state index in [-0.39, 0.29) is 5.97 Å². The average molecular weight is 255 g/mol. The van der Waals surface area contributed by atoms with Crippen LogP contribution in [0.2, 0.25) is 0 Å². The molecule has 0 amide bonds. The standard InChI is InChI=1S/C11H17N3O2S/c1-2-16-9(15)11(12)4-3-8(7-11)17-10-13-5-6-14-10/h5-6,8H,2-4,7,12H2,1H3,(H,13,14). The number of hydrogen-bond donors (Lipinski definition) is 2. The third-order valence-electron chi connectivity index (χ3n) is 2.94. The molecule has 0 saturated heterocycles. The predicted molar refractivity (Wildman–Crippen MR) is 65.6 cm³/mol. The van der Waals surface area contributed by atoms with E-state index < -0.39 is 5.54 Å². The number of rotatable bonds is 4. The molecule has 94 valence electrons. The first kappa shape index (κ1) is 12.4. The molecule has 1 fully saturated rings. The summed E-state index contributed by atoms with van der Waals surface area (Å²) in [6, 6.07) is 0. The van der Waals surface area contributed by atoms with Gasteiger partial charge in [0.15, 0.2) is 5.16 Å². The highest BCUT2D eigenvalue weighted by molar-refractivity contribution is 7.99. The molecule has 0 spiro atoms. The molecule has 0 radical (unpaired) electrons. The zero-order valence-electron chi connectivity index (χ0n) is 9.81. The maximum atomic E-state index is 11.7. The van der Waals surface area contributed by atoms with E-state index in [1.807, 2.05) is 0 Å². The molecule has 1 aromatic heterocycles. The molecule has 2 atom stereocenters. The number of H-pyrrole nitrogens is 1. The lowest BCUT2D eigenvalue weighted by Gasteiger charge is -2.21. The number of thioether (sulfide) groups is 1. The van der Waals surface area contributed by atoms with Crippen molar-refractivity contribution in [3.63, 3.8) is 0 Å². The van der Waals surface area contributed by atoms with Gasteiger partial charge in [0.05, 0.1) is 6.61 Å². The summed E-state index contributed by atoms with van der Waals surface area (Å²) in [5, 5.41) is 1.21. The molecule has 1 saturated carbocycles. The minimum absolute atomic E-state index is 0.275. The van der Waals surface area contributed by atoms with Crippen LogP contribution >= 0.6 is 11.8 Å². The summed E-state index contributed by atoms with van der Waals surface area (Å²) in [4.78, 5) is 18.9. The van der Waals surface area contributed by atoms with Gasteiger partial charge in [0.2, 0.25) is 0 Å². The van der Waals surface area contributed by atoms with Gasteiger partial charge < -0.3 is 15.5 Å². The Morgan fingerprint density at radius 1 is 1.82 bits per heavy atom. The van der Waals surface area contributed by atoms with Gasteiger partial charge in [-0.1, -0.05) is 11.8 Å². The van der Waals surface area contributed by atoms with Gasteiger partial charge >= 0.3 is 5.97 Å². The van der Waals surface area contributed by atoms with E-state index in [2.05, 4.69) is 9.97 Å². The van der Waals surface area contributed by atoms with Gasteiger partial charge in [-0.3, -0.25) is 4.79 Å². The van der Waals surface area contributed by atoms with Crippen LogP contribution in [0.5, 0.6) is 0 Å². The first-order valence-corrected chi connectivity index (χ1v) is 6.64. The monoisotopic (exact) mass is 255 g/mol. The highest BCUT2D eigenvalue weighted by atomic mass is 32.2.